The van der Waals surface area contributed by atoms with Crippen molar-refractivity contribution in [3.8, 4) is 5.75 Å². The van der Waals surface area contributed by atoms with Crippen LogP contribution in [0.1, 0.15) is 23.1 Å². The molecule has 6 N–H and O–H groups in total. The Kier molecular flexibility index (Phi) is 6.33. The molecule has 3 aliphatic carbocycles. The number of carbonyl (C=O) groups excluding carboxylic acids is 3. The predicted molar refractivity (Wildman–Crippen MR) is 117 cm³/mol. The van der Waals surface area contributed by atoms with E-state index >= 15 is 0 Å². The summed E-state index contributed by atoms with van der Waals surface area (Å²) in [5.41, 5.74) is 3.03. The van der Waals surface area contributed by atoms with Gasteiger partial charge in [0.2, 0.25) is 5.78 Å². The number of amides is 1. The number of aliphatic hydroxyl groups excluding tert-OH is 2. The standard InChI is InChI=1S/C23H26N2O8.FH/c1-25(2)17-12-7-10-6-11-9(8-33-3)4-5-13(26)15(11)18(27)14(10)20(29)23(12,32)21(30)16(19(17)28)22(24)31;/h4-5,10,12,17,26-27,30,32H,6-8H2,1-3H3,(H2,24,31);1H/t10-,12-,17+,23-;/m0./s1. The van der Waals surface area contributed by atoms with Crippen molar-refractivity contribution in [3.05, 3.63) is 45.7 Å². The van der Waals surface area contributed by atoms with Gasteiger partial charge < -0.3 is 30.9 Å². The molecule has 1 fully saturated rings. The Labute approximate surface area is 194 Å². The first-order chi connectivity index (χ1) is 15.5. The lowest BCUT2D eigenvalue weighted by Gasteiger charge is -2.50. The van der Waals surface area contributed by atoms with E-state index in [0.29, 0.717) is 11.1 Å². The molecular weight excluding hydrogens is 451 g/mol. The summed E-state index contributed by atoms with van der Waals surface area (Å²) < 4.78 is 5.22. The molecule has 11 heteroatoms. The fourth-order valence-electron chi connectivity index (χ4n) is 5.60. The summed E-state index contributed by atoms with van der Waals surface area (Å²) in [5, 5.41) is 43.8. The van der Waals surface area contributed by atoms with Crippen LogP contribution in [0.15, 0.2) is 29.0 Å². The van der Waals surface area contributed by atoms with Crippen molar-refractivity contribution >= 4 is 23.2 Å². The number of carbonyl (C=O) groups is 3. The second-order valence-electron chi connectivity index (χ2n) is 8.99. The number of ether oxygens (including phenoxy) is 1. The van der Waals surface area contributed by atoms with Gasteiger partial charge in [0, 0.05) is 18.6 Å². The van der Waals surface area contributed by atoms with Gasteiger partial charge in [0.25, 0.3) is 5.91 Å². The van der Waals surface area contributed by atoms with Crippen molar-refractivity contribution in [2.75, 3.05) is 21.2 Å². The highest BCUT2D eigenvalue weighted by atomic mass is 19.0. The third-order valence-corrected chi connectivity index (χ3v) is 7.00. The molecule has 184 valence electrons. The molecule has 4 atom stereocenters. The van der Waals surface area contributed by atoms with E-state index in [4.69, 9.17) is 10.5 Å². The van der Waals surface area contributed by atoms with E-state index < -0.39 is 58.0 Å². The van der Waals surface area contributed by atoms with Crippen LogP contribution < -0.4 is 5.73 Å². The fourth-order valence-corrected chi connectivity index (χ4v) is 5.60. The average Bonchev–Trinajstić information content (AvgIpc) is 2.72. The first kappa shape index (κ1) is 25.3. The zero-order valence-corrected chi connectivity index (χ0v) is 18.9. The molecule has 0 unspecified atom stereocenters. The molecule has 34 heavy (non-hydrogen) atoms. The minimum atomic E-state index is -2.63. The number of nitrogens with two attached hydrogens (primary N) is 1. The molecular formula is C23H27FN2O8. The quantitative estimate of drug-likeness (QED) is 0.381. The van der Waals surface area contributed by atoms with Crippen LogP contribution in [0.2, 0.25) is 0 Å². The van der Waals surface area contributed by atoms with Crippen LogP contribution >= 0.6 is 0 Å². The number of primary amides is 1. The zero-order valence-electron chi connectivity index (χ0n) is 18.9. The second kappa shape index (κ2) is 8.49. The molecule has 3 aliphatic rings. The Morgan fingerprint density at radius 2 is 1.88 bits per heavy atom. The Balaban J connectivity index is 0.00000324. The number of phenols is 1. The number of methoxy groups -OCH3 is 1. The molecule has 0 aromatic heterocycles. The first-order valence-corrected chi connectivity index (χ1v) is 10.4. The summed E-state index contributed by atoms with van der Waals surface area (Å²) in [4.78, 5) is 40.1. The van der Waals surface area contributed by atoms with Crippen LogP contribution in [0.5, 0.6) is 5.75 Å². The number of hydrogen-bond acceptors (Lipinski definition) is 9. The third-order valence-electron chi connectivity index (χ3n) is 7.00. The Morgan fingerprint density at radius 3 is 2.44 bits per heavy atom. The van der Waals surface area contributed by atoms with Crippen molar-refractivity contribution in [2.45, 2.75) is 31.1 Å². The molecule has 0 bridgehead atoms. The monoisotopic (exact) mass is 478 g/mol. The topological polar surface area (TPSA) is 171 Å². The number of aliphatic hydroxyl groups is 3. The summed E-state index contributed by atoms with van der Waals surface area (Å²) in [6, 6.07) is 1.93. The third kappa shape index (κ3) is 3.23. The molecule has 4 rings (SSSR count). The minimum absolute atomic E-state index is 0. The maximum absolute atomic E-state index is 13.7. The van der Waals surface area contributed by atoms with Crippen molar-refractivity contribution in [1.29, 1.82) is 0 Å². The lowest BCUT2D eigenvalue weighted by molar-refractivity contribution is -0.153. The number of phenolic OH excluding ortho intramolecular Hbond substituents is 1. The molecule has 0 heterocycles. The van der Waals surface area contributed by atoms with Gasteiger partial charge in [-0.25, -0.2) is 0 Å². The van der Waals surface area contributed by atoms with E-state index in [1.807, 2.05) is 0 Å². The van der Waals surface area contributed by atoms with E-state index in [1.165, 1.54) is 18.1 Å². The lowest BCUT2D eigenvalue weighted by Crippen LogP contribution is -2.65. The van der Waals surface area contributed by atoms with E-state index in [9.17, 15) is 34.8 Å². The van der Waals surface area contributed by atoms with E-state index in [2.05, 4.69) is 0 Å². The van der Waals surface area contributed by atoms with E-state index in [-0.39, 0.29) is 41.0 Å². The highest BCUT2D eigenvalue weighted by Crippen LogP contribution is 2.52. The molecule has 0 spiro atoms. The smallest absolute Gasteiger partial charge is 0.255 e. The van der Waals surface area contributed by atoms with Gasteiger partial charge in [0.15, 0.2) is 11.4 Å². The average molecular weight is 478 g/mol. The van der Waals surface area contributed by atoms with Gasteiger partial charge in [0.1, 0.15) is 22.8 Å². The number of benzene rings is 1. The van der Waals surface area contributed by atoms with Crippen LogP contribution in [0.4, 0.5) is 4.70 Å². The number of halogens is 1. The lowest BCUT2D eigenvalue weighted by atomic mass is 9.57. The number of fused-ring (bicyclic) bond motifs is 3. The number of Topliss-reactive ketones (excluding diaryl/α,β-unsaturated/α-hetero) is 2. The van der Waals surface area contributed by atoms with Gasteiger partial charge in [-0.2, -0.15) is 0 Å². The van der Waals surface area contributed by atoms with Crippen molar-refractivity contribution in [3.63, 3.8) is 0 Å². The van der Waals surface area contributed by atoms with Gasteiger partial charge in [0.05, 0.1) is 18.2 Å². The largest absolute Gasteiger partial charge is 0.508 e. The molecule has 1 amide bonds. The summed E-state index contributed by atoms with van der Waals surface area (Å²) in [7, 11) is 4.62. The van der Waals surface area contributed by atoms with Crippen LogP contribution in [0.25, 0.3) is 5.76 Å². The van der Waals surface area contributed by atoms with Gasteiger partial charge in [-0.1, -0.05) is 6.07 Å². The molecule has 1 aromatic carbocycles. The molecule has 1 aromatic rings. The Hall–Kier alpha value is -3.28. The van der Waals surface area contributed by atoms with Crippen molar-refractivity contribution < 1.29 is 44.3 Å². The molecule has 10 nitrogen and oxygen atoms in total. The Bertz CT molecular complexity index is 1160. The predicted octanol–water partition coefficient (Wildman–Crippen LogP) is 0.263. The normalized spacial score (nSPS) is 28.3. The fraction of sp³-hybridized carbons (Fsp3) is 0.435. The summed E-state index contributed by atoms with van der Waals surface area (Å²) in [5.74, 6) is -6.64. The van der Waals surface area contributed by atoms with Crippen LogP contribution in [-0.4, -0.2) is 75.6 Å². The summed E-state index contributed by atoms with van der Waals surface area (Å²) in [6.07, 6.45) is 0.287. The number of rotatable bonds is 4. The van der Waals surface area contributed by atoms with Gasteiger partial charge in [-0.3, -0.25) is 24.0 Å². The number of hydrogen-bond donors (Lipinski definition) is 5. The molecule has 0 saturated heterocycles. The van der Waals surface area contributed by atoms with Gasteiger partial charge in [-0.05, 0) is 50.0 Å². The Morgan fingerprint density at radius 1 is 1.24 bits per heavy atom. The van der Waals surface area contributed by atoms with Crippen molar-refractivity contribution in [1.82, 2.24) is 4.90 Å². The van der Waals surface area contributed by atoms with Gasteiger partial charge >= 0.3 is 0 Å². The van der Waals surface area contributed by atoms with Crippen LogP contribution in [-0.2, 0) is 32.1 Å². The molecule has 0 aliphatic heterocycles. The number of likely N-dealkylation sites (N-methyl/N-ethyl adjacent to an activating group) is 1. The second-order valence-corrected chi connectivity index (χ2v) is 8.99. The van der Waals surface area contributed by atoms with Crippen LogP contribution in [0.3, 0.4) is 0 Å². The maximum atomic E-state index is 13.7. The number of ketones is 2. The molecule has 1 saturated carbocycles. The van der Waals surface area contributed by atoms with E-state index in [0.717, 1.165) is 0 Å². The summed E-state index contributed by atoms with van der Waals surface area (Å²) >= 11 is 0. The van der Waals surface area contributed by atoms with E-state index in [1.54, 1.807) is 20.2 Å². The summed E-state index contributed by atoms with van der Waals surface area (Å²) in [6.45, 7) is 0.212. The first-order valence-electron chi connectivity index (χ1n) is 10.4. The highest BCUT2D eigenvalue weighted by molar-refractivity contribution is 6.24. The number of nitrogens with zero attached hydrogens (tertiary/aromatic N) is 1. The highest BCUT2D eigenvalue weighted by Gasteiger charge is 2.64. The van der Waals surface area contributed by atoms with Crippen molar-refractivity contribution in [2.24, 2.45) is 17.6 Å². The molecule has 0 radical (unpaired) electrons. The number of aromatic hydroxyl groups is 1. The van der Waals surface area contributed by atoms with Gasteiger partial charge in [-0.15, -0.1) is 0 Å². The minimum Gasteiger partial charge on any atom is -0.508 e. The zero-order chi connectivity index (χ0) is 24.4. The maximum Gasteiger partial charge on any atom is 0.255 e. The SMILES string of the molecule is COCc1ccc(O)c2c1C[C@H]1C[C@H]3[C@@H](N(C)C)C(=O)C(C(N)=O)=C(O)[C@@]3(O)C(=O)C1=C2O.F. The van der Waals surface area contributed by atoms with Crippen LogP contribution in [0, 0.1) is 11.8 Å².